The second-order valence-electron chi connectivity index (χ2n) is 6.56. The van der Waals surface area contributed by atoms with Gasteiger partial charge in [-0.15, -0.1) is 0 Å². The summed E-state index contributed by atoms with van der Waals surface area (Å²) >= 11 is 0. The van der Waals surface area contributed by atoms with E-state index < -0.39 is 17.9 Å². The fourth-order valence-corrected chi connectivity index (χ4v) is 2.92. The third-order valence-corrected chi connectivity index (χ3v) is 4.37. The van der Waals surface area contributed by atoms with Crippen molar-refractivity contribution in [2.24, 2.45) is 5.92 Å². The lowest BCUT2D eigenvalue weighted by atomic mass is 10.0. The van der Waals surface area contributed by atoms with Gasteiger partial charge in [-0.1, -0.05) is 13.8 Å². The molecule has 2 amide bonds. The number of ether oxygens (including phenoxy) is 2. The number of amides is 2. The molecule has 0 saturated heterocycles. The summed E-state index contributed by atoms with van der Waals surface area (Å²) in [5.41, 5.74) is 1.95. The van der Waals surface area contributed by atoms with Crippen LogP contribution in [-0.2, 0) is 4.79 Å². The van der Waals surface area contributed by atoms with Crippen molar-refractivity contribution in [2.45, 2.75) is 51.7 Å². The van der Waals surface area contributed by atoms with Crippen LogP contribution >= 0.6 is 0 Å². The van der Waals surface area contributed by atoms with E-state index in [1.165, 1.54) is 0 Å². The lowest BCUT2D eigenvalue weighted by Crippen LogP contribution is -2.48. The Hall–Kier alpha value is -2.28. The molecule has 138 valence electrons. The van der Waals surface area contributed by atoms with E-state index in [1.807, 2.05) is 0 Å². The van der Waals surface area contributed by atoms with Crippen LogP contribution in [0.25, 0.3) is 0 Å². The van der Waals surface area contributed by atoms with E-state index in [2.05, 4.69) is 5.32 Å². The molecule has 0 unspecified atom stereocenters. The van der Waals surface area contributed by atoms with Crippen molar-refractivity contribution < 1.29 is 24.3 Å². The van der Waals surface area contributed by atoms with Crippen molar-refractivity contribution in [3.8, 4) is 11.5 Å². The van der Waals surface area contributed by atoms with Gasteiger partial charge in [-0.2, -0.15) is 0 Å². The fraction of sp³-hybridized carbons (Fsp3) is 0.556. The average Bonchev–Trinajstić information content (AvgIpc) is 3.11. The zero-order valence-corrected chi connectivity index (χ0v) is 14.9. The van der Waals surface area contributed by atoms with Crippen molar-refractivity contribution in [3.05, 3.63) is 23.8 Å². The number of rotatable bonds is 7. The first-order valence-corrected chi connectivity index (χ1v) is 8.55. The molecule has 7 nitrogen and oxygen atoms in total. The molecule has 1 saturated carbocycles. The van der Waals surface area contributed by atoms with E-state index in [0.29, 0.717) is 17.1 Å². The van der Waals surface area contributed by atoms with Crippen molar-refractivity contribution in [3.63, 3.8) is 0 Å². The molecule has 0 radical (unpaired) electrons. The zero-order valence-electron chi connectivity index (χ0n) is 14.9. The van der Waals surface area contributed by atoms with Gasteiger partial charge < -0.3 is 14.8 Å². The molecule has 3 N–H and O–H groups in total. The predicted molar refractivity (Wildman–Crippen MR) is 91.9 cm³/mol. The summed E-state index contributed by atoms with van der Waals surface area (Å²) in [6.07, 6.45) is 4.40. The molecular formula is C18H26N2O5. The molecule has 0 aliphatic heterocycles. The number of hydroxylamine groups is 1. The van der Waals surface area contributed by atoms with Crippen molar-refractivity contribution in [1.82, 2.24) is 10.8 Å². The molecule has 7 heteroatoms. The van der Waals surface area contributed by atoms with E-state index >= 15 is 0 Å². The van der Waals surface area contributed by atoms with Crippen molar-refractivity contribution >= 4 is 11.8 Å². The molecule has 1 aromatic carbocycles. The first-order chi connectivity index (χ1) is 12.0. The van der Waals surface area contributed by atoms with Gasteiger partial charge >= 0.3 is 0 Å². The van der Waals surface area contributed by atoms with Gasteiger partial charge in [-0.3, -0.25) is 14.8 Å². The van der Waals surface area contributed by atoms with Crippen LogP contribution in [0.2, 0.25) is 0 Å². The highest BCUT2D eigenvalue weighted by molar-refractivity contribution is 5.98. The Morgan fingerprint density at radius 3 is 2.44 bits per heavy atom. The van der Waals surface area contributed by atoms with E-state index in [9.17, 15) is 9.59 Å². The van der Waals surface area contributed by atoms with Gasteiger partial charge in [-0.05, 0) is 49.8 Å². The van der Waals surface area contributed by atoms with E-state index in [4.69, 9.17) is 14.7 Å². The molecule has 1 atom stereocenters. The minimum Gasteiger partial charge on any atom is -0.493 e. The Kier molecular flexibility index (Phi) is 6.64. The molecule has 0 bridgehead atoms. The molecule has 1 aliphatic rings. The predicted octanol–water partition coefficient (Wildman–Crippen LogP) is 2.28. The topological polar surface area (TPSA) is 96.9 Å². The number of carbonyl (C=O) groups is 2. The van der Waals surface area contributed by atoms with Crippen LogP contribution in [-0.4, -0.2) is 36.3 Å². The van der Waals surface area contributed by atoms with Gasteiger partial charge in [0.2, 0.25) is 0 Å². The Labute approximate surface area is 147 Å². The average molecular weight is 350 g/mol. The van der Waals surface area contributed by atoms with Crippen molar-refractivity contribution in [2.75, 3.05) is 7.11 Å². The highest BCUT2D eigenvalue weighted by Gasteiger charge is 2.25. The highest BCUT2D eigenvalue weighted by Crippen LogP contribution is 2.32. The van der Waals surface area contributed by atoms with Gasteiger partial charge in [0.25, 0.3) is 11.8 Å². The molecule has 2 rings (SSSR count). The maximum Gasteiger partial charge on any atom is 0.266 e. The Morgan fingerprint density at radius 2 is 1.88 bits per heavy atom. The van der Waals surface area contributed by atoms with E-state index in [-0.39, 0.29) is 12.0 Å². The molecule has 1 aromatic rings. The quantitative estimate of drug-likeness (QED) is 0.518. The zero-order chi connectivity index (χ0) is 18.4. The monoisotopic (exact) mass is 350 g/mol. The van der Waals surface area contributed by atoms with Gasteiger partial charge in [0.15, 0.2) is 11.5 Å². The molecular weight excluding hydrogens is 324 g/mol. The summed E-state index contributed by atoms with van der Waals surface area (Å²) in [6.45, 7) is 3.56. The first kappa shape index (κ1) is 19.1. The van der Waals surface area contributed by atoms with Crippen molar-refractivity contribution in [1.29, 1.82) is 0 Å². The van der Waals surface area contributed by atoms with Crippen LogP contribution in [0, 0.1) is 5.92 Å². The van der Waals surface area contributed by atoms with Crippen LogP contribution in [0.4, 0.5) is 0 Å². The fourth-order valence-electron chi connectivity index (χ4n) is 2.92. The minimum atomic E-state index is -0.834. The van der Waals surface area contributed by atoms with Crippen LogP contribution in [0.1, 0.15) is 49.9 Å². The number of hydrogen-bond acceptors (Lipinski definition) is 5. The SMILES string of the molecule is COc1ccc(C(=O)N[C@H](C(=O)NO)C(C)C)cc1OC1CCCC1. The smallest absolute Gasteiger partial charge is 0.266 e. The largest absolute Gasteiger partial charge is 0.493 e. The summed E-state index contributed by atoms with van der Waals surface area (Å²) in [6, 6.07) is 4.08. The first-order valence-electron chi connectivity index (χ1n) is 8.55. The molecule has 0 aromatic heterocycles. The maximum absolute atomic E-state index is 12.5. The van der Waals surface area contributed by atoms with Gasteiger partial charge in [0.05, 0.1) is 13.2 Å². The van der Waals surface area contributed by atoms with Gasteiger partial charge in [-0.25, -0.2) is 5.48 Å². The molecule has 1 aliphatic carbocycles. The Bertz CT molecular complexity index is 611. The van der Waals surface area contributed by atoms with Crippen LogP contribution < -0.4 is 20.3 Å². The molecule has 0 spiro atoms. The highest BCUT2D eigenvalue weighted by atomic mass is 16.5. The van der Waals surface area contributed by atoms with Gasteiger partial charge in [0, 0.05) is 5.56 Å². The van der Waals surface area contributed by atoms with Crippen LogP contribution in [0.3, 0.4) is 0 Å². The third-order valence-electron chi connectivity index (χ3n) is 4.37. The minimum absolute atomic E-state index is 0.135. The standard InChI is InChI=1S/C18H26N2O5/c1-11(2)16(18(22)20-23)19-17(21)12-8-9-14(24-3)15(10-12)25-13-6-4-5-7-13/h8-11,13,16,23H,4-7H2,1-3H3,(H,19,21)(H,20,22)/t16-/m0/s1. The summed E-state index contributed by atoms with van der Waals surface area (Å²) in [4.78, 5) is 24.2. The molecule has 0 heterocycles. The number of nitrogens with one attached hydrogen (secondary N) is 2. The molecule has 25 heavy (non-hydrogen) atoms. The molecule has 1 fully saturated rings. The van der Waals surface area contributed by atoms with E-state index in [1.54, 1.807) is 44.6 Å². The van der Waals surface area contributed by atoms with Crippen LogP contribution in [0.5, 0.6) is 11.5 Å². The number of hydrogen-bond donors (Lipinski definition) is 3. The maximum atomic E-state index is 12.5. The lowest BCUT2D eigenvalue weighted by Gasteiger charge is -2.21. The Morgan fingerprint density at radius 1 is 1.20 bits per heavy atom. The number of methoxy groups -OCH3 is 1. The second kappa shape index (κ2) is 8.71. The number of benzene rings is 1. The third kappa shape index (κ3) is 4.85. The van der Waals surface area contributed by atoms with Gasteiger partial charge in [0.1, 0.15) is 6.04 Å². The normalized spacial score (nSPS) is 15.7. The summed E-state index contributed by atoms with van der Waals surface area (Å²) < 4.78 is 11.3. The Balaban J connectivity index is 2.16. The van der Waals surface area contributed by atoms with E-state index in [0.717, 1.165) is 25.7 Å². The summed E-state index contributed by atoms with van der Waals surface area (Å²) in [7, 11) is 1.55. The second-order valence-corrected chi connectivity index (χ2v) is 6.56. The summed E-state index contributed by atoms with van der Waals surface area (Å²) in [5, 5.41) is 11.5. The number of carbonyl (C=O) groups excluding carboxylic acids is 2. The van der Waals surface area contributed by atoms with Crippen LogP contribution in [0.15, 0.2) is 18.2 Å². The lowest BCUT2D eigenvalue weighted by molar-refractivity contribution is -0.132. The summed E-state index contributed by atoms with van der Waals surface area (Å²) in [5.74, 6) is -0.157.